The topological polar surface area (TPSA) is 77.9 Å². The molecule has 3 fully saturated rings. The van der Waals surface area contributed by atoms with Crippen molar-refractivity contribution in [3.63, 3.8) is 0 Å². The number of aliphatic hydroxyl groups is 1. The van der Waals surface area contributed by atoms with Crippen LogP contribution in [0.25, 0.3) is 0 Å². The largest absolute Gasteiger partial charge is 0.389 e. The zero-order chi connectivity index (χ0) is 20.6. The van der Waals surface area contributed by atoms with E-state index in [1.807, 2.05) is 4.90 Å². The standard InChI is InChI=1S/C21H29ClN2O4S/c22-18-4-6-19(7-5-18)29(27,28)24-12-8-16(9-13-24)20(25)23-14-11-21(26)10-2-1-3-17(21)15-23/h4-7,16-17,26H,1-3,8-15H2/t17-,21-/m0/s1. The number of amides is 1. The molecule has 8 heteroatoms. The predicted molar refractivity (Wildman–Crippen MR) is 111 cm³/mol. The molecule has 6 nitrogen and oxygen atoms in total. The van der Waals surface area contributed by atoms with Crippen molar-refractivity contribution >= 4 is 27.5 Å². The lowest BCUT2D eigenvalue weighted by molar-refractivity contribution is -0.148. The van der Waals surface area contributed by atoms with Crippen molar-refractivity contribution in [2.45, 2.75) is 55.4 Å². The van der Waals surface area contributed by atoms with Crippen molar-refractivity contribution in [3.05, 3.63) is 29.3 Å². The molecule has 4 rings (SSSR count). The Hall–Kier alpha value is -1.15. The van der Waals surface area contributed by atoms with Gasteiger partial charge in [0.25, 0.3) is 0 Å². The monoisotopic (exact) mass is 440 g/mol. The summed E-state index contributed by atoms with van der Waals surface area (Å²) in [6.07, 6.45) is 5.76. The molecule has 2 atom stereocenters. The van der Waals surface area contributed by atoms with Crippen LogP contribution in [0.4, 0.5) is 0 Å². The van der Waals surface area contributed by atoms with Crippen LogP contribution in [0, 0.1) is 11.8 Å². The van der Waals surface area contributed by atoms with E-state index < -0.39 is 15.6 Å². The van der Waals surface area contributed by atoms with Gasteiger partial charge in [0.2, 0.25) is 15.9 Å². The molecular weight excluding hydrogens is 412 g/mol. The van der Waals surface area contributed by atoms with Gasteiger partial charge in [-0.25, -0.2) is 8.42 Å². The molecule has 1 saturated carbocycles. The Bertz CT molecular complexity index is 852. The minimum atomic E-state index is -3.56. The molecule has 0 spiro atoms. The first-order chi connectivity index (χ1) is 13.8. The van der Waals surface area contributed by atoms with Crippen molar-refractivity contribution in [3.8, 4) is 0 Å². The fourth-order valence-corrected chi connectivity index (χ4v) is 6.72. The Morgan fingerprint density at radius 2 is 1.72 bits per heavy atom. The van der Waals surface area contributed by atoms with Crippen LogP contribution in [0.3, 0.4) is 0 Å². The average molecular weight is 441 g/mol. The molecule has 0 aromatic heterocycles. The lowest BCUT2D eigenvalue weighted by Gasteiger charge is -2.48. The quantitative estimate of drug-likeness (QED) is 0.783. The first-order valence-corrected chi connectivity index (χ1v) is 12.4. The summed E-state index contributed by atoms with van der Waals surface area (Å²) in [5.41, 5.74) is -0.592. The van der Waals surface area contributed by atoms with E-state index in [1.165, 1.54) is 16.4 Å². The molecule has 29 heavy (non-hydrogen) atoms. The third kappa shape index (κ3) is 4.20. The minimum Gasteiger partial charge on any atom is -0.389 e. The Morgan fingerprint density at radius 3 is 2.41 bits per heavy atom. The van der Waals surface area contributed by atoms with E-state index in [0.717, 1.165) is 25.7 Å². The third-order valence-corrected chi connectivity index (χ3v) is 9.16. The van der Waals surface area contributed by atoms with E-state index in [-0.39, 0.29) is 22.6 Å². The second kappa shape index (κ2) is 8.17. The Labute approximate surface area is 177 Å². The summed E-state index contributed by atoms with van der Waals surface area (Å²) < 4.78 is 27.1. The molecule has 1 N–H and O–H groups in total. The first-order valence-electron chi connectivity index (χ1n) is 10.6. The molecule has 3 aliphatic rings. The van der Waals surface area contributed by atoms with Gasteiger partial charge < -0.3 is 10.0 Å². The summed E-state index contributed by atoms with van der Waals surface area (Å²) in [5, 5.41) is 11.3. The molecule has 2 heterocycles. The molecule has 0 radical (unpaired) electrons. The van der Waals surface area contributed by atoms with Crippen LogP contribution in [0.15, 0.2) is 29.2 Å². The number of benzene rings is 1. The van der Waals surface area contributed by atoms with Crippen LogP contribution in [0.5, 0.6) is 0 Å². The molecule has 1 amide bonds. The van der Waals surface area contributed by atoms with Gasteiger partial charge in [-0.3, -0.25) is 4.79 Å². The number of rotatable bonds is 3. The van der Waals surface area contributed by atoms with Crippen LogP contribution in [-0.2, 0) is 14.8 Å². The number of sulfonamides is 1. The van der Waals surface area contributed by atoms with E-state index in [4.69, 9.17) is 11.6 Å². The fraction of sp³-hybridized carbons (Fsp3) is 0.667. The fourth-order valence-electron chi connectivity index (χ4n) is 5.13. The maximum Gasteiger partial charge on any atom is 0.243 e. The smallest absolute Gasteiger partial charge is 0.243 e. The number of fused-ring (bicyclic) bond motifs is 1. The van der Waals surface area contributed by atoms with Crippen LogP contribution in [-0.4, -0.2) is 60.4 Å². The lowest BCUT2D eigenvalue weighted by Crippen LogP contribution is -2.56. The molecule has 1 aromatic carbocycles. The number of piperidine rings is 2. The Morgan fingerprint density at radius 1 is 1.03 bits per heavy atom. The summed E-state index contributed by atoms with van der Waals surface area (Å²) in [7, 11) is -3.56. The molecule has 2 saturated heterocycles. The van der Waals surface area contributed by atoms with Gasteiger partial charge in [-0.15, -0.1) is 0 Å². The Kier molecular flexibility index (Phi) is 5.95. The van der Waals surface area contributed by atoms with E-state index in [0.29, 0.717) is 50.5 Å². The normalized spacial score (nSPS) is 29.4. The molecule has 0 bridgehead atoms. The van der Waals surface area contributed by atoms with Gasteiger partial charge in [-0.2, -0.15) is 4.31 Å². The number of nitrogens with zero attached hydrogens (tertiary/aromatic N) is 2. The second-order valence-corrected chi connectivity index (χ2v) is 11.1. The number of likely N-dealkylation sites (tertiary alicyclic amines) is 1. The van der Waals surface area contributed by atoms with Crippen molar-refractivity contribution in [1.82, 2.24) is 9.21 Å². The molecule has 0 unspecified atom stereocenters. The van der Waals surface area contributed by atoms with Gasteiger partial charge in [0.05, 0.1) is 10.5 Å². The maximum atomic E-state index is 13.1. The third-order valence-electron chi connectivity index (χ3n) is 6.99. The summed E-state index contributed by atoms with van der Waals surface area (Å²) in [5.74, 6) is 0.168. The lowest BCUT2D eigenvalue weighted by atomic mass is 9.71. The zero-order valence-electron chi connectivity index (χ0n) is 16.6. The van der Waals surface area contributed by atoms with Crippen molar-refractivity contribution in [2.75, 3.05) is 26.2 Å². The summed E-state index contributed by atoms with van der Waals surface area (Å²) in [6, 6.07) is 6.20. The second-order valence-electron chi connectivity index (χ2n) is 8.71. The molecule has 160 valence electrons. The predicted octanol–water partition coefficient (Wildman–Crippen LogP) is 2.89. The van der Waals surface area contributed by atoms with Crippen LogP contribution < -0.4 is 0 Å². The number of hydrogen-bond acceptors (Lipinski definition) is 4. The molecule has 2 aliphatic heterocycles. The highest BCUT2D eigenvalue weighted by atomic mass is 35.5. The number of hydrogen-bond donors (Lipinski definition) is 1. The van der Waals surface area contributed by atoms with Gasteiger partial charge in [0.1, 0.15) is 0 Å². The molecule has 1 aromatic rings. The molecular formula is C21H29ClN2O4S. The number of carbonyl (C=O) groups excluding carboxylic acids is 1. The van der Waals surface area contributed by atoms with Crippen LogP contribution in [0.2, 0.25) is 5.02 Å². The van der Waals surface area contributed by atoms with Gasteiger partial charge >= 0.3 is 0 Å². The number of carbonyl (C=O) groups is 1. The van der Waals surface area contributed by atoms with Gasteiger partial charge in [-0.1, -0.05) is 24.4 Å². The number of halogens is 1. The SMILES string of the molecule is O=C(C1CCN(S(=O)(=O)c2ccc(Cl)cc2)CC1)N1CC[C@@]2(O)CCCC[C@H]2C1. The van der Waals surface area contributed by atoms with Gasteiger partial charge in [0, 0.05) is 43.0 Å². The first kappa shape index (κ1) is 21.1. The van der Waals surface area contributed by atoms with Crippen molar-refractivity contribution in [2.24, 2.45) is 11.8 Å². The van der Waals surface area contributed by atoms with Crippen molar-refractivity contribution < 1.29 is 18.3 Å². The average Bonchev–Trinajstić information content (AvgIpc) is 2.73. The highest BCUT2D eigenvalue weighted by Crippen LogP contribution is 2.40. The summed E-state index contributed by atoms with van der Waals surface area (Å²) >= 11 is 5.86. The Balaban J connectivity index is 1.36. The van der Waals surface area contributed by atoms with Gasteiger partial charge in [-0.05, 0) is 56.4 Å². The highest BCUT2D eigenvalue weighted by Gasteiger charge is 2.45. The molecule has 1 aliphatic carbocycles. The maximum absolute atomic E-state index is 13.1. The van der Waals surface area contributed by atoms with Gasteiger partial charge in [0.15, 0.2) is 0 Å². The summed E-state index contributed by atoms with van der Waals surface area (Å²) in [4.78, 5) is 15.2. The van der Waals surface area contributed by atoms with E-state index in [9.17, 15) is 18.3 Å². The van der Waals surface area contributed by atoms with Crippen LogP contribution >= 0.6 is 11.6 Å². The van der Waals surface area contributed by atoms with E-state index in [1.54, 1.807) is 12.1 Å². The highest BCUT2D eigenvalue weighted by molar-refractivity contribution is 7.89. The summed E-state index contributed by atoms with van der Waals surface area (Å²) in [6.45, 7) is 1.94. The zero-order valence-corrected chi connectivity index (χ0v) is 18.2. The minimum absolute atomic E-state index is 0.126. The van der Waals surface area contributed by atoms with E-state index >= 15 is 0 Å². The van der Waals surface area contributed by atoms with Crippen LogP contribution in [0.1, 0.15) is 44.9 Å². The van der Waals surface area contributed by atoms with Crippen molar-refractivity contribution in [1.29, 1.82) is 0 Å². The van der Waals surface area contributed by atoms with E-state index in [2.05, 4.69) is 0 Å².